The standard InChI is InChI=1S/C15H23ClO/c1-3-5-11-17-12-14(6-4-2)13-7-9-15(16)10-8-13/h7-10,14H,3-6,11-12H2,1-2H3. The second kappa shape index (κ2) is 8.54. The van der Waals surface area contributed by atoms with E-state index in [-0.39, 0.29) is 0 Å². The Hall–Kier alpha value is -0.530. The highest BCUT2D eigenvalue weighted by Crippen LogP contribution is 2.23. The normalized spacial score (nSPS) is 12.6. The third-order valence-electron chi connectivity index (χ3n) is 2.94. The largest absolute Gasteiger partial charge is 0.381 e. The average Bonchev–Trinajstić information content (AvgIpc) is 2.34. The molecule has 0 bridgehead atoms. The first-order valence-electron chi connectivity index (χ1n) is 6.61. The predicted molar refractivity (Wildman–Crippen MR) is 74.8 cm³/mol. The van der Waals surface area contributed by atoms with Crippen LogP contribution < -0.4 is 0 Å². The Morgan fingerprint density at radius 1 is 1.12 bits per heavy atom. The molecule has 0 fully saturated rings. The van der Waals surface area contributed by atoms with Crippen molar-refractivity contribution < 1.29 is 4.74 Å². The van der Waals surface area contributed by atoms with Crippen molar-refractivity contribution >= 4 is 11.6 Å². The molecule has 0 aliphatic heterocycles. The van der Waals surface area contributed by atoms with Crippen LogP contribution in [0.3, 0.4) is 0 Å². The molecule has 0 N–H and O–H groups in total. The Bertz CT molecular complexity index is 294. The number of halogens is 1. The van der Waals surface area contributed by atoms with Gasteiger partial charge in [0.15, 0.2) is 0 Å². The van der Waals surface area contributed by atoms with Crippen molar-refractivity contribution in [3.05, 3.63) is 34.9 Å². The van der Waals surface area contributed by atoms with Gasteiger partial charge in [-0.15, -0.1) is 0 Å². The van der Waals surface area contributed by atoms with Crippen LogP contribution in [0.15, 0.2) is 24.3 Å². The van der Waals surface area contributed by atoms with Crippen molar-refractivity contribution in [3.63, 3.8) is 0 Å². The topological polar surface area (TPSA) is 9.23 Å². The van der Waals surface area contributed by atoms with Gasteiger partial charge in [-0.2, -0.15) is 0 Å². The first-order valence-corrected chi connectivity index (χ1v) is 6.99. The zero-order valence-corrected chi connectivity index (χ0v) is 11.7. The minimum atomic E-state index is 0.508. The van der Waals surface area contributed by atoms with Crippen molar-refractivity contribution in [2.24, 2.45) is 0 Å². The Kier molecular flexibility index (Phi) is 7.30. The fraction of sp³-hybridized carbons (Fsp3) is 0.600. The van der Waals surface area contributed by atoms with E-state index in [0.717, 1.165) is 24.7 Å². The Morgan fingerprint density at radius 2 is 1.82 bits per heavy atom. The van der Waals surface area contributed by atoms with Crippen LogP contribution in [0, 0.1) is 0 Å². The second-order valence-corrected chi connectivity index (χ2v) is 4.90. The number of unbranched alkanes of at least 4 members (excludes halogenated alkanes) is 1. The van der Waals surface area contributed by atoms with Gasteiger partial charge >= 0.3 is 0 Å². The quantitative estimate of drug-likeness (QED) is 0.591. The highest BCUT2D eigenvalue weighted by molar-refractivity contribution is 6.30. The van der Waals surface area contributed by atoms with Gasteiger partial charge in [0, 0.05) is 17.5 Å². The molecule has 1 nitrogen and oxygen atoms in total. The highest BCUT2D eigenvalue weighted by atomic mass is 35.5. The molecule has 2 heteroatoms. The first-order chi connectivity index (χ1) is 8.27. The molecule has 0 saturated heterocycles. The molecule has 17 heavy (non-hydrogen) atoms. The van der Waals surface area contributed by atoms with Crippen LogP contribution in [-0.2, 0) is 4.74 Å². The van der Waals surface area contributed by atoms with E-state index >= 15 is 0 Å². The van der Waals surface area contributed by atoms with E-state index in [4.69, 9.17) is 16.3 Å². The summed E-state index contributed by atoms with van der Waals surface area (Å²) in [4.78, 5) is 0. The van der Waals surface area contributed by atoms with E-state index in [9.17, 15) is 0 Å². The number of hydrogen-bond donors (Lipinski definition) is 0. The summed E-state index contributed by atoms with van der Waals surface area (Å²) in [5, 5.41) is 0.802. The van der Waals surface area contributed by atoms with Crippen molar-refractivity contribution in [2.45, 2.75) is 45.4 Å². The maximum atomic E-state index is 5.91. The zero-order chi connectivity index (χ0) is 12.5. The smallest absolute Gasteiger partial charge is 0.0534 e. The summed E-state index contributed by atoms with van der Waals surface area (Å²) in [6.45, 7) is 6.11. The summed E-state index contributed by atoms with van der Waals surface area (Å²) in [6, 6.07) is 8.16. The van der Waals surface area contributed by atoms with Gasteiger partial charge in [0.25, 0.3) is 0 Å². The molecule has 0 heterocycles. The lowest BCUT2D eigenvalue weighted by atomic mass is 9.95. The number of benzene rings is 1. The molecular weight excluding hydrogens is 232 g/mol. The van der Waals surface area contributed by atoms with Crippen LogP contribution in [0.5, 0.6) is 0 Å². The van der Waals surface area contributed by atoms with E-state index in [1.807, 2.05) is 12.1 Å². The maximum Gasteiger partial charge on any atom is 0.0534 e. The molecule has 0 amide bonds. The Morgan fingerprint density at radius 3 is 2.41 bits per heavy atom. The molecule has 0 aromatic heterocycles. The van der Waals surface area contributed by atoms with Gasteiger partial charge in [-0.25, -0.2) is 0 Å². The van der Waals surface area contributed by atoms with Gasteiger partial charge in [0.2, 0.25) is 0 Å². The molecule has 0 saturated carbocycles. The molecule has 0 spiro atoms. The van der Waals surface area contributed by atoms with Gasteiger partial charge in [-0.3, -0.25) is 0 Å². The molecule has 0 radical (unpaired) electrons. The number of rotatable bonds is 8. The van der Waals surface area contributed by atoms with Crippen LogP contribution in [-0.4, -0.2) is 13.2 Å². The second-order valence-electron chi connectivity index (χ2n) is 4.47. The average molecular weight is 255 g/mol. The summed E-state index contributed by atoms with van der Waals surface area (Å²) in [5.74, 6) is 0.508. The highest BCUT2D eigenvalue weighted by Gasteiger charge is 2.10. The Labute approximate surface area is 110 Å². The van der Waals surface area contributed by atoms with Crippen LogP contribution >= 0.6 is 11.6 Å². The summed E-state index contributed by atoms with van der Waals surface area (Å²) in [6.07, 6.45) is 4.71. The maximum absolute atomic E-state index is 5.91. The third-order valence-corrected chi connectivity index (χ3v) is 3.19. The van der Waals surface area contributed by atoms with Crippen LogP contribution in [0.25, 0.3) is 0 Å². The van der Waals surface area contributed by atoms with Crippen LogP contribution in [0.4, 0.5) is 0 Å². The lowest BCUT2D eigenvalue weighted by Crippen LogP contribution is -2.08. The Balaban J connectivity index is 2.49. The van der Waals surface area contributed by atoms with Crippen molar-refractivity contribution in [1.82, 2.24) is 0 Å². The van der Waals surface area contributed by atoms with Gasteiger partial charge in [-0.1, -0.05) is 50.4 Å². The van der Waals surface area contributed by atoms with Crippen molar-refractivity contribution in [3.8, 4) is 0 Å². The van der Waals surface area contributed by atoms with Crippen molar-refractivity contribution in [1.29, 1.82) is 0 Å². The minimum absolute atomic E-state index is 0.508. The molecule has 1 unspecified atom stereocenters. The molecule has 1 rings (SSSR count). The molecule has 0 aliphatic rings. The van der Waals surface area contributed by atoms with Crippen molar-refractivity contribution in [2.75, 3.05) is 13.2 Å². The van der Waals surface area contributed by atoms with Gasteiger partial charge < -0.3 is 4.74 Å². The fourth-order valence-electron chi connectivity index (χ4n) is 1.90. The van der Waals surface area contributed by atoms with Gasteiger partial charge in [0.05, 0.1) is 6.61 Å². The summed E-state index contributed by atoms with van der Waals surface area (Å²) in [7, 11) is 0. The summed E-state index contributed by atoms with van der Waals surface area (Å²) < 4.78 is 5.74. The lowest BCUT2D eigenvalue weighted by Gasteiger charge is -2.17. The zero-order valence-electron chi connectivity index (χ0n) is 10.9. The molecule has 96 valence electrons. The van der Waals surface area contributed by atoms with Gasteiger partial charge in [0.1, 0.15) is 0 Å². The van der Waals surface area contributed by atoms with E-state index in [0.29, 0.717) is 5.92 Å². The number of ether oxygens (including phenoxy) is 1. The van der Waals surface area contributed by atoms with Crippen LogP contribution in [0.1, 0.15) is 51.0 Å². The molecule has 1 aromatic carbocycles. The summed E-state index contributed by atoms with van der Waals surface area (Å²) in [5.41, 5.74) is 1.34. The van der Waals surface area contributed by atoms with E-state index < -0.39 is 0 Å². The third kappa shape index (κ3) is 5.56. The van der Waals surface area contributed by atoms with E-state index in [1.165, 1.54) is 24.8 Å². The minimum Gasteiger partial charge on any atom is -0.381 e. The van der Waals surface area contributed by atoms with Crippen LogP contribution in [0.2, 0.25) is 5.02 Å². The predicted octanol–water partition coefficient (Wildman–Crippen LogP) is 5.04. The molecular formula is C15H23ClO. The lowest BCUT2D eigenvalue weighted by molar-refractivity contribution is 0.115. The summed E-state index contributed by atoms with van der Waals surface area (Å²) >= 11 is 5.91. The SMILES string of the molecule is CCCCOCC(CCC)c1ccc(Cl)cc1. The number of hydrogen-bond acceptors (Lipinski definition) is 1. The monoisotopic (exact) mass is 254 g/mol. The van der Waals surface area contributed by atoms with E-state index in [1.54, 1.807) is 0 Å². The molecule has 1 aromatic rings. The molecule has 0 aliphatic carbocycles. The van der Waals surface area contributed by atoms with E-state index in [2.05, 4.69) is 26.0 Å². The first kappa shape index (κ1) is 14.5. The fourth-order valence-corrected chi connectivity index (χ4v) is 2.03. The molecule has 1 atom stereocenters. The van der Waals surface area contributed by atoms with Gasteiger partial charge in [-0.05, 0) is 30.5 Å².